The van der Waals surface area contributed by atoms with Gasteiger partial charge in [0, 0.05) is 22.2 Å². The molecule has 7 heteroatoms. The zero-order chi connectivity index (χ0) is 28.3. The van der Waals surface area contributed by atoms with E-state index in [1.807, 2.05) is 46.8 Å². The van der Waals surface area contributed by atoms with Gasteiger partial charge >= 0.3 is 11.9 Å². The van der Waals surface area contributed by atoms with Gasteiger partial charge in [0.2, 0.25) is 0 Å². The van der Waals surface area contributed by atoms with Crippen molar-refractivity contribution in [2.24, 2.45) is 10.8 Å². The van der Waals surface area contributed by atoms with Crippen molar-refractivity contribution in [3.63, 3.8) is 0 Å². The summed E-state index contributed by atoms with van der Waals surface area (Å²) in [5, 5.41) is 3.78. The van der Waals surface area contributed by atoms with Gasteiger partial charge in [0.25, 0.3) is 0 Å². The summed E-state index contributed by atoms with van der Waals surface area (Å²) >= 11 is 1.34. The average Bonchev–Trinajstić information content (AvgIpc) is 3.09. The van der Waals surface area contributed by atoms with E-state index in [0.29, 0.717) is 23.3 Å². The Bertz CT molecular complexity index is 1130. The van der Waals surface area contributed by atoms with E-state index in [2.05, 4.69) is 45.1 Å². The highest BCUT2D eigenvalue weighted by Crippen LogP contribution is 2.47. The molecule has 0 amide bonds. The lowest BCUT2D eigenvalue weighted by Crippen LogP contribution is -2.40. The quantitative estimate of drug-likeness (QED) is 0.323. The van der Waals surface area contributed by atoms with Crippen LogP contribution >= 0.6 is 11.3 Å². The van der Waals surface area contributed by atoms with E-state index in [1.165, 1.54) is 17.8 Å². The Morgan fingerprint density at radius 2 is 1.76 bits per heavy atom. The first-order valence-corrected chi connectivity index (χ1v) is 14.4. The third-order valence-corrected chi connectivity index (χ3v) is 7.82. The zero-order valence-electron chi connectivity index (χ0n) is 24.6. The minimum atomic E-state index is -0.617. The van der Waals surface area contributed by atoms with Gasteiger partial charge in [0.15, 0.2) is 11.5 Å². The van der Waals surface area contributed by atoms with Crippen LogP contribution in [0.1, 0.15) is 96.3 Å². The Hall–Kier alpha value is -2.54. The monoisotopic (exact) mass is 543 g/mol. The number of ether oxygens (including phenoxy) is 3. The van der Waals surface area contributed by atoms with Crippen LogP contribution in [0.5, 0.6) is 5.75 Å². The third kappa shape index (κ3) is 8.23. The number of thiophene rings is 1. The van der Waals surface area contributed by atoms with Crippen LogP contribution < -0.4 is 10.1 Å². The molecule has 1 saturated carbocycles. The van der Waals surface area contributed by atoms with Gasteiger partial charge in [-0.2, -0.15) is 0 Å². The van der Waals surface area contributed by atoms with E-state index in [0.717, 1.165) is 41.0 Å². The van der Waals surface area contributed by atoms with Crippen molar-refractivity contribution in [2.45, 2.75) is 99.6 Å². The first-order chi connectivity index (χ1) is 17.6. The van der Waals surface area contributed by atoms with Crippen LogP contribution in [0.15, 0.2) is 24.3 Å². The summed E-state index contributed by atoms with van der Waals surface area (Å²) in [4.78, 5) is 26.5. The van der Waals surface area contributed by atoms with Gasteiger partial charge in [-0.25, -0.2) is 9.59 Å². The van der Waals surface area contributed by atoms with Gasteiger partial charge in [0.1, 0.15) is 11.4 Å². The summed E-state index contributed by atoms with van der Waals surface area (Å²) in [6.45, 7) is 18.7. The second-order valence-corrected chi connectivity index (χ2v) is 14.1. The van der Waals surface area contributed by atoms with Crippen LogP contribution in [0, 0.1) is 17.8 Å². The van der Waals surface area contributed by atoms with Crippen LogP contribution in [0.25, 0.3) is 10.4 Å². The van der Waals surface area contributed by atoms with Crippen molar-refractivity contribution in [1.82, 2.24) is 0 Å². The Labute approximate surface area is 232 Å². The molecular weight excluding hydrogens is 498 g/mol. The third-order valence-electron chi connectivity index (χ3n) is 6.52. The van der Waals surface area contributed by atoms with Crippen molar-refractivity contribution in [2.75, 3.05) is 18.5 Å². The molecule has 1 fully saturated rings. The molecule has 210 valence electrons. The van der Waals surface area contributed by atoms with Crippen molar-refractivity contribution >= 4 is 29.0 Å². The minimum absolute atomic E-state index is 0.281. The van der Waals surface area contributed by atoms with E-state index in [-0.39, 0.29) is 17.4 Å². The predicted octanol–water partition coefficient (Wildman–Crippen LogP) is 8.03. The summed E-state index contributed by atoms with van der Waals surface area (Å²) in [5.41, 5.74) is 2.81. The number of hydrogen-bond donors (Lipinski definition) is 1. The van der Waals surface area contributed by atoms with Gasteiger partial charge < -0.3 is 19.5 Å². The van der Waals surface area contributed by atoms with Gasteiger partial charge in [-0.3, -0.25) is 0 Å². The Morgan fingerprint density at radius 1 is 1.11 bits per heavy atom. The summed E-state index contributed by atoms with van der Waals surface area (Å²) in [5.74, 6) is -0.542. The molecule has 0 bridgehead atoms. The van der Waals surface area contributed by atoms with E-state index in [4.69, 9.17) is 14.2 Å². The highest BCUT2D eigenvalue weighted by molar-refractivity contribution is 7.18. The topological polar surface area (TPSA) is 73.9 Å². The summed E-state index contributed by atoms with van der Waals surface area (Å²) in [6.07, 6.45) is 4.18. The SMILES string of the molecule is CCCOC(=O)c1sc(-c2cccc(NC3CC(C)(C)CC(C)(C)C3)c2)c(C)c1OCC(=O)OC(C)(C)C. The number of esters is 2. The molecule has 0 unspecified atom stereocenters. The standard InChI is InChI=1S/C31H45NO5S/c1-10-14-35-28(34)27-25(36-18-24(33)37-29(3,4)5)20(2)26(38-27)21-12-11-13-22(15-21)32-23-16-30(6,7)19-31(8,9)17-23/h11-13,15,23,32H,10,14,16-19H2,1-9H3. The van der Waals surface area contributed by atoms with Crippen molar-refractivity contribution in [3.05, 3.63) is 34.7 Å². The zero-order valence-corrected chi connectivity index (χ0v) is 25.4. The van der Waals surface area contributed by atoms with E-state index < -0.39 is 17.5 Å². The molecule has 0 spiro atoms. The Balaban J connectivity index is 1.88. The first-order valence-electron chi connectivity index (χ1n) is 13.6. The van der Waals surface area contributed by atoms with Crippen LogP contribution in [0.4, 0.5) is 5.69 Å². The minimum Gasteiger partial charge on any atom is -0.480 e. The van der Waals surface area contributed by atoms with E-state index in [1.54, 1.807) is 0 Å². The number of nitrogens with one attached hydrogen (secondary N) is 1. The fourth-order valence-electron chi connectivity index (χ4n) is 5.78. The maximum Gasteiger partial charge on any atom is 0.352 e. The largest absolute Gasteiger partial charge is 0.480 e. The molecular formula is C31H45NO5S. The fourth-order valence-corrected chi connectivity index (χ4v) is 6.92. The van der Waals surface area contributed by atoms with Gasteiger partial charge in [-0.05, 0) is 81.9 Å². The Morgan fingerprint density at radius 3 is 2.37 bits per heavy atom. The summed E-state index contributed by atoms with van der Waals surface area (Å²) in [6, 6.07) is 8.69. The molecule has 1 aromatic carbocycles. The molecule has 2 aromatic rings. The number of carbonyl (C=O) groups is 2. The molecule has 38 heavy (non-hydrogen) atoms. The molecule has 6 nitrogen and oxygen atoms in total. The molecule has 0 radical (unpaired) electrons. The lowest BCUT2D eigenvalue weighted by atomic mass is 9.63. The van der Waals surface area contributed by atoms with Crippen LogP contribution in [-0.4, -0.2) is 36.8 Å². The molecule has 1 aliphatic carbocycles. The van der Waals surface area contributed by atoms with Gasteiger partial charge in [0.05, 0.1) is 6.61 Å². The molecule has 1 aromatic heterocycles. The van der Waals surface area contributed by atoms with Crippen molar-refractivity contribution < 1.29 is 23.8 Å². The highest BCUT2D eigenvalue weighted by Gasteiger charge is 2.38. The highest BCUT2D eigenvalue weighted by atomic mass is 32.1. The van der Waals surface area contributed by atoms with E-state index in [9.17, 15) is 9.59 Å². The normalized spacial score (nSPS) is 17.1. The van der Waals surface area contributed by atoms with Crippen LogP contribution in [0.2, 0.25) is 0 Å². The van der Waals surface area contributed by atoms with Crippen molar-refractivity contribution in [1.29, 1.82) is 0 Å². The second kappa shape index (κ2) is 11.7. The summed E-state index contributed by atoms with van der Waals surface area (Å²) in [7, 11) is 0. The molecule has 1 N–H and O–H groups in total. The average molecular weight is 544 g/mol. The lowest BCUT2D eigenvalue weighted by molar-refractivity contribution is -0.157. The second-order valence-electron chi connectivity index (χ2n) is 13.1. The maximum atomic E-state index is 12.9. The summed E-state index contributed by atoms with van der Waals surface area (Å²) < 4.78 is 16.7. The lowest BCUT2D eigenvalue weighted by Gasteiger charge is -2.45. The fraction of sp³-hybridized carbons (Fsp3) is 0.613. The van der Waals surface area contributed by atoms with Crippen molar-refractivity contribution in [3.8, 4) is 16.2 Å². The Kier molecular flexibility index (Phi) is 9.23. The smallest absolute Gasteiger partial charge is 0.352 e. The number of anilines is 1. The van der Waals surface area contributed by atoms with Gasteiger partial charge in [-0.1, -0.05) is 46.8 Å². The number of hydrogen-bond acceptors (Lipinski definition) is 7. The molecule has 0 atom stereocenters. The van der Waals surface area contributed by atoms with E-state index >= 15 is 0 Å². The molecule has 3 rings (SSSR count). The molecule has 1 aliphatic rings. The number of carbonyl (C=O) groups excluding carboxylic acids is 2. The predicted molar refractivity (Wildman–Crippen MR) is 155 cm³/mol. The number of rotatable bonds is 9. The van der Waals surface area contributed by atoms with Crippen LogP contribution in [-0.2, 0) is 14.3 Å². The van der Waals surface area contributed by atoms with Gasteiger partial charge in [-0.15, -0.1) is 11.3 Å². The van der Waals surface area contributed by atoms with Crippen LogP contribution in [0.3, 0.4) is 0 Å². The molecule has 1 heterocycles. The molecule has 0 aliphatic heterocycles. The molecule has 0 saturated heterocycles. The number of benzene rings is 1. The maximum absolute atomic E-state index is 12.9. The first kappa shape index (κ1) is 30.0.